The highest BCUT2D eigenvalue weighted by Crippen LogP contribution is 2.30. The second-order valence-electron chi connectivity index (χ2n) is 7.09. The largest absolute Gasteiger partial charge is 0.330 e. The van der Waals surface area contributed by atoms with E-state index in [4.69, 9.17) is 0 Å². The monoisotopic (exact) mass is 346 g/mol. The Balaban J connectivity index is 1.89. The van der Waals surface area contributed by atoms with Gasteiger partial charge >= 0.3 is 5.69 Å². The molecule has 25 heavy (non-hydrogen) atoms. The van der Waals surface area contributed by atoms with Gasteiger partial charge in [-0.3, -0.25) is 23.9 Å². The first-order valence-corrected chi connectivity index (χ1v) is 8.80. The number of aromatic nitrogens is 5. The van der Waals surface area contributed by atoms with Crippen LogP contribution < -0.4 is 11.2 Å². The quantitative estimate of drug-likeness (QED) is 0.894. The summed E-state index contributed by atoms with van der Waals surface area (Å²) in [6, 6.07) is 1.68. The van der Waals surface area contributed by atoms with Crippen LogP contribution in [-0.4, -0.2) is 35.8 Å². The molecule has 136 valence electrons. The third-order valence-electron chi connectivity index (χ3n) is 4.96. The second-order valence-corrected chi connectivity index (χ2v) is 7.09. The van der Waals surface area contributed by atoms with Gasteiger partial charge in [0.25, 0.3) is 5.56 Å². The molecule has 3 heterocycles. The molecule has 0 amide bonds. The zero-order valence-corrected chi connectivity index (χ0v) is 15.3. The summed E-state index contributed by atoms with van der Waals surface area (Å²) in [6.45, 7) is 5.60. The lowest BCUT2D eigenvalue weighted by atomic mass is 10.0. The Morgan fingerprint density at radius 2 is 2.00 bits per heavy atom. The Morgan fingerprint density at radius 3 is 2.68 bits per heavy atom. The molecule has 1 atom stereocenters. The average Bonchev–Trinajstić information content (AvgIpc) is 3.08. The van der Waals surface area contributed by atoms with Crippen LogP contribution in [0.1, 0.15) is 62.4 Å². The number of rotatable bonds is 4. The predicted octanol–water partition coefficient (Wildman–Crippen LogP) is 1.05. The van der Waals surface area contributed by atoms with E-state index in [-0.39, 0.29) is 23.2 Å². The van der Waals surface area contributed by atoms with Gasteiger partial charge in [0.2, 0.25) is 0 Å². The Hall–Kier alpha value is -2.22. The third-order valence-corrected chi connectivity index (χ3v) is 4.96. The molecule has 0 aliphatic carbocycles. The molecule has 8 heteroatoms. The maximum absolute atomic E-state index is 12.2. The molecule has 1 fully saturated rings. The molecular formula is C17H26N6O2. The number of hydrogen-bond acceptors (Lipinski definition) is 5. The van der Waals surface area contributed by atoms with Crippen molar-refractivity contribution < 1.29 is 0 Å². The van der Waals surface area contributed by atoms with Gasteiger partial charge in [0.15, 0.2) is 5.82 Å². The van der Waals surface area contributed by atoms with E-state index in [2.05, 4.69) is 33.9 Å². The molecule has 8 nitrogen and oxygen atoms in total. The third kappa shape index (κ3) is 3.44. The molecule has 1 aliphatic heterocycles. The standard InChI is InChI=1S/C17H26N6O2/c1-11(2)15-18-16(20-19-15)13-7-5-6-8-23(13)10-12-9-14(24)22(4)17(25)21(12)3/h9,11,13H,5-8,10H2,1-4H3,(H,18,19,20). The first kappa shape index (κ1) is 17.6. The highest BCUT2D eigenvalue weighted by atomic mass is 16.2. The zero-order chi connectivity index (χ0) is 18.1. The predicted molar refractivity (Wildman–Crippen MR) is 94.4 cm³/mol. The fraction of sp³-hybridized carbons (Fsp3) is 0.647. The van der Waals surface area contributed by atoms with E-state index in [0.29, 0.717) is 6.54 Å². The number of aromatic amines is 1. The lowest BCUT2D eigenvalue weighted by molar-refractivity contribution is 0.130. The summed E-state index contributed by atoms with van der Waals surface area (Å²) in [4.78, 5) is 31.1. The van der Waals surface area contributed by atoms with Crippen molar-refractivity contribution in [1.29, 1.82) is 0 Å². The summed E-state index contributed by atoms with van der Waals surface area (Å²) in [5, 5.41) is 7.40. The number of nitrogens with one attached hydrogen (secondary N) is 1. The van der Waals surface area contributed by atoms with Crippen molar-refractivity contribution in [1.82, 2.24) is 29.2 Å². The number of likely N-dealkylation sites (tertiary alicyclic amines) is 1. The molecule has 2 aromatic rings. The van der Waals surface area contributed by atoms with Gasteiger partial charge in [0, 0.05) is 38.3 Å². The van der Waals surface area contributed by atoms with Gasteiger partial charge in [0.1, 0.15) is 5.82 Å². The number of H-pyrrole nitrogens is 1. The Kier molecular flexibility index (Phi) is 4.89. The van der Waals surface area contributed by atoms with Crippen molar-refractivity contribution in [2.24, 2.45) is 14.1 Å². The number of hydrogen-bond donors (Lipinski definition) is 1. The van der Waals surface area contributed by atoms with Crippen LogP contribution >= 0.6 is 0 Å². The minimum atomic E-state index is -0.294. The van der Waals surface area contributed by atoms with E-state index in [1.54, 1.807) is 17.7 Å². The summed E-state index contributed by atoms with van der Waals surface area (Å²) in [5.41, 5.74) is 0.162. The number of nitrogens with zero attached hydrogens (tertiary/aromatic N) is 5. The number of piperidine rings is 1. The molecule has 0 aromatic carbocycles. The van der Waals surface area contributed by atoms with Crippen LogP contribution in [0.5, 0.6) is 0 Å². The van der Waals surface area contributed by atoms with Gasteiger partial charge < -0.3 is 0 Å². The van der Waals surface area contributed by atoms with Crippen LogP contribution in [-0.2, 0) is 20.6 Å². The molecule has 0 bridgehead atoms. The molecule has 2 aromatic heterocycles. The van der Waals surface area contributed by atoms with Crippen molar-refractivity contribution in [3.8, 4) is 0 Å². The minimum absolute atomic E-state index is 0.132. The molecule has 0 spiro atoms. The maximum atomic E-state index is 12.2. The SMILES string of the molecule is CC(C)c1n[nH]c(C2CCCCN2Cc2cc(=O)n(C)c(=O)n2C)n1. The summed E-state index contributed by atoms with van der Waals surface area (Å²) >= 11 is 0. The summed E-state index contributed by atoms with van der Waals surface area (Å²) in [7, 11) is 3.21. The first-order chi connectivity index (χ1) is 11.9. The van der Waals surface area contributed by atoms with Gasteiger partial charge in [-0.15, -0.1) is 0 Å². The van der Waals surface area contributed by atoms with Crippen molar-refractivity contribution in [2.75, 3.05) is 6.54 Å². The Labute approximate surface area is 146 Å². The zero-order valence-electron chi connectivity index (χ0n) is 15.3. The van der Waals surface area contributed by atoms with Crippen molar-refractivity contribution in [2.45, 2.75) is 51.6 Å². The van der Waals surface area contributed by atoms with E-state index >= 15 is 0 Å². The molecule has 1 unspecified atom stereocenters. The Morgan fingerprint density at radius 1 is 1.24 bits per heavy atom. The molecule has 0 saturated carbocycles. The Bertz CT molecular complexity index is 863. The summed E-state index contributed by atoms with van der Waals surface area (Å²) < 4.78 is 2.68. The molecule has 1 aliphatic rings. The van der Waals surface area contributed by atoms with E-state index < -0.39 is 0 Å². The lowest BCUT2D eigenvalue weighted by Gasteiger charge is -2.34. The van der Waals surface area contributed by atoms with E-state index in [1.807, 2.05) is 0 Å². The van der Waals surface area contributed by atoms with Crippen LogP contribution in [0.15, 0.2) is 15.7 Å². The van der Waals surface area contributed by atoms with Crippen LogP contribution in [0.2, 0.25) is 0 Å². The minimum Gasteiger partial charge on any atom is -0.299 e. The molecular weight excluding hydrogens is 320 g/mol. The molecule has 0 radical (unpaired) electrons. The maximum Gasteiger partial charge on any atom is 0.330 e. The summed E-state index contributed by atoms with van der Waals surface area (Å²) in [5.74, 6) is 1.97. The average molecular weight is 346 g/mol. The second kappa shape index (κ2) is 6.95. The fourth-order valence-corrected chi connectivity index (χ4v) is 3.32. The van der Waals surface area contributed by atoms with Crippen LogP contribution in [0.3, 0.4) is 0 Å². The van der Waals surface area contributed by atoms with Crippen LogP contribution in [0, 0.1) is 0 Å². The van der Waals surface area contributed by atoms with Gasteiger partial charge in [-0.25, -0.2) is 9.78 Å². The van der Waals surface area contributed by atoms with E-state index in [0.717, 1.165) is 47.7 Å². The van der Waals surface area contributed by atoms with Crippen molar-refractivity contribution in [3.63, 3.8) is 0 Å². The van der Waals surface area contributed by atoms with Gasteiger partial charge in [-0.1, -0.05) is 20.3 Å². The van der Waals surface area contributed by atoms with E-state index in [9.17, 15) is 9.59 Å². The van der Waals surface area contributed by atoms with Gasteiger partial charge in [-0.2, -0.15) is 5.10 Å². The highest BCUT2D eigenvalue weighted by molar-refractivity contribution is 5.06. The van der Waals surface area contributed by atoms with E-state index in [1.165, 1.54) is 7.05 Å². The van der Waals surface area contributed by atoms with Gasteiger partial charge in [-0.05, 0) is 19.4 Å². The lowest BCUT2D eigenvalue weighted by Crippen LogP contribution is -2.41. The molecule has 1 N–H and O–H groups in total. The smallest absolute Gasteiger partial charge is 0.299 e. The highest BCUT2D eigenvalue weighted by Gasteiger charge is 2.28. The van der Waals surface area contributed by atoms with Crippen molar-refractivity contribution >= 4 is 0 Å². The summed E-state index contributed by atoms with van der Waals surface area (Å²) in [6.07, 6.45) is 3.22. The van der Waals surface area contributed by atoms with Crippen LogP contribution in [0.4, 0.5) is 0 Å². The molecule has 3 rings (SSSR count). The van der Waals surface area contributed by atoms with Crippen LogP contribution in [0.25, 0.3) is 0 Å². The molecule has 1 saturated heterocycles. The normalized spacial score (nSPS) is 18.8. The topological polar surface area (TPSA) is 88.8 Å². The van der Waals surface area contributed by atoms with Crippen molar-refractivity contribution in [3.05, 3.63) is 44.2 Å². The fourth-order valence-electron chi connectivity index (χ4n) is 3.32. The van der Waals surface area contributed by atoms with Gasteiger partial charge in [0.05, 0.1) is 6.04 Å². The first-order valence-electron chi connectivity index (χ1n) is 8.80.